The molecule has 5 aliphatic rings. The Bertz CT molecular complexity index is 1100. The second-order valence-corrected chi connectivity index (χ2v) is 14.7. The average Bonchev–Trinajstić information content (AvgIpc) is 3.40. The van der Waals surface area contributed by atoms with Crippen molar-refractivity contribution in [1.29, 1.82) is 0 Å². The van der Waals surface area contributed by atoms with Gasteiger partial charge in [-0.25, -0.2) is 0 Å². The minimum atomic E-state index is -1.57. The van der Waals surface area contributed by atoms with Crippen molar-refractivity contribution >= 4 is 0 Å². The predicted molar refractivity (Wildman–Crippen MR) is 178 cm³/mol. The van der Waals surface area contributed by atoms with Gasteiger partial charge in [0.05, 0.1) is 43.6 Å². The van der Waals surface area contributed by atoms with Crippen LogP contribution in [0.1, 0.15) is 32.1 Å². The maximum absolute atomic E-state index is 11.7. The van der Waals surface area contributed by atoms with E-state index in [1.807, 2.05) is 6.08 Å². The summed E-state index contributed by atoms with van der Waals surface area (Å²) in [4.78, 5) is 0. The number of hydrogen-bond acceptors (Lipinski definition) is 19. The Balaban J connectivity index is 1.28. The van der Waals surface area contributed by atoms with Crippen LogP contribution in [0.3, 0.4) is 0 Å². The van der Waals surface area contributed by atoms with E-state index in [0.29, 0.717) is 12.5 Å². The largest absolute Gasteiger partial charge is 0.394 e. The Morgan fingerprint density at radius 2 is 1.43 bits per heavy atom. The molecule has 2 aliphatic carbocycles. The average molecular weight is 737 g/mol. The molecular weight excluding hydrogens is 676 g/mol. The Morgan fingerprint density at radius 3 is 2.10 bits per heavy atom. The maximum Gasteiger partial charge on any atom is 0.187 e. The van der Waals surface area contributed by atoms with Gasteiger partial charge in [-0.05, 0) is 50.5 Å². The van der Waals surface area contributed by atoms with Crippen LogP contribution in [0.5, 0.6) is 0 Å². The predicted octanol–water partition coefficient (Wildman–Crippen LogP) is -6.27. The van der Waals surface area contributed by atoms with E-state index in [0.717, 1.165) is 19.4 Å². The molecule has 51 heavy (non-hydrogen) atoms. The van der Waals surface area contributed by atoms with Crippen molar-refractivity contribution in [2.45, 2.75) is 142 Å². The van der Waals surface area contributed by atoms with Crippen molar-refractivity contribution in [2.24, 2.45) is 40.5 Å². The molecular formula is C32H60N6O13. The highest BCUT2D eigenvalue weighted by molar-refractivity contribution is 5.05. The molecule has 0 bridgehead atoms. The quantitative estimate of drug-likeness (QED) is 0.0655. The summed E-state index contributed by atoms with van der Waals surface area (Å²) < 4.78 is 36.3. The van der Waals surface area contributed by atoms with Crippen LogP contribution in [0.15, 0.2) is 12.2 Å². The number of ether oxygens (including phenoxy) is 6. The number of aliphatic hydroxyl groups excluding tert-OH is 7. The first-order valence-corrected chi connectivity index (χ1v) is 18.0. The summed E-state index contributed by atoms with van der Waals surface area (Å²) in [5.41, 5.74) is 30.7. The van der Waals surface area contributed by atoms with Crippen LogP contribution < -0.4 is 34.0 Å². The van der Waals surface area contributed by atoms with Gasteiger partial charge in [-0.2, -0.15) is 0 Å². The lowest BCUT2D eigenvalue weighted by Gasteiger charge is -2.46. The lowest BCUT2D eigenvalue weighted by molar-refractivity contribution is -0.286. The standard InChI is InChI=1S/C32H60N6O13/c33-8-20-24(43)25(44)22(37)31(47-20)50-28-21(12-40)48-32(26(28)45)51-29-23(42)14(1-2-16(41)11-39)7-19(36)27(29)49-30-18(35)4-3-17(46-30)10-38-9-13-5-15(34)6-13/h3-4,13-32,38-45H,1-2,5-12,33-37H2/t13?,14-,15?,16?,17+,18-,19+,20+,21-,22-,23+,24-,25-,26-,27-,28-,29-,30-,31-,32+/m1/s1. The van der Waals surface area contributed by atoms with Gasteiger partial charge in [-0.3, -0.25) is 0 Å². The van der Waals surface area contributed by atoms with Gasteiger partial charge in [0, 0.05) is 25.2 Å². The first-order valence-electron chi connectivity index (χ1n) is 18.0. The smallest absolute Gasteiger partial charge is 0.187 e. The highest BCUT2D eigenvalue weighted by atomic mass is 16.8. The second kappa shape index (κ2) is 18.5. The third kappa shape index (κ3) is 9.81. The van der Waals surface area contributed by atoms with Crippen molar-refractivity contribution in [1.82, 2.24) is 5.32 Å². The number of hydrogen-bond donors (Lipinski definition) is 13. The molecule has 19 nitrogen and oxygen atoms in total. The minimum absolute atomic E-state index is 0.154. The summed E-state index contributed by atoms with van der Waals surface area (Å²) in [5.74, 6) is 0.0169. The van der Waals surface area contributed by atoms with Crippen molar-refractivity contribution in [3.63, 3.8) is 0 Å². The Morgan fingerprint density at radius 1 is 0.745 bits per heavy atom. The molecule has 2 saturated heterocycles. The molecule has 1 unspecified atom stereocenters. The fourth-order valence-corrected chi connectivity index (χ4v) is 7.59. The summed E-state index contributed by atoms with van der Waals surface area (Å²) in [7, 11) is 0. The van der Waals surface area contributed by atoms with Gasteiger partial charge in [-0.1, -0.05) is 12.2 Å². The van der Waals surface area contributed by atoms with Gasteiger partial charge in [-0.15, -0.1) is 0 Å². The summed E-state index contributed by atoms with van der Waals surface area (Å²) in [6.07, 6.45) is -10.2. The molecule has 3 heterocycles. The molecule has 0 amide bonds. The zero-order chi connectivity index (χ0) is 37.0. The lowest BCUT2D eigenvalue weighted by Crippen LogP contribution is -2.64. The zero-order valence-electron chi connectivity index (χ0n) is 28.7. The van der Waals surface area contributed by atoms with Crippen molar-refractivity contribution < 1.29 is 64.2 Å². The van der Waals surface area contributed by atoms with Crippen LogP contribution in [0, 0.1) is 11.8 Å². The summed E-state index contributed by atoms with van der Waals surface area (Å²) in [6, 6.07) is -2.39. The molecule has 0 spiro atoms. The Labute approximate surface area is 297 Å². The number of nitrogens with two attached hydrogens (primary N) is 5. The molecule has 3 aliphatic heterocycles. The topological polar surface area (TPSA) is 339 Å². The fourth-order valence-electron chi connectivity index (χ4n) is 7.59. The van der Waals surface area contributed by atoms with Crippen molar-refractivity contribution in [3.05, 3.63) is 12.2 Å². The molecule has 18 atom stereocenters. The van der Waals surface area contributed by atoms with Gasteiger partial charge < -0.3 is 98.2 Å². The van der Waals surface area contributed by atoms with Gasteiger partial charge in [0.15, 0.2) is 18.9 Å². The van der Waals surface area contributed by atoms with Gasteiger partial charge in [0.2, 0.25) is 0 Å². The molecule has 296 valence electrons. The van der Waals surface area contributed by atoms with Crippen LogP contribution in [0.4, 0.5) is 0 Å². The van der Waals surface area contributed by atoms with Crippen LogP contribution in [0.25, 0.3) is 0 Å². The molecule has 0 radical (unpaired) electrons. The molecule has 5 rings (SSSR count). The van der Waals surface area contributed by atoms with E-state index in [1.165, 1.54) is 0 Å². The monoisotopic (exact) mass is 736 g/mol. The minimum Gasteiger partial charge on any atom is -0.394 e. The van der Waals surface area contributed by atoms with Crippen molar-refractivity contribution in [3.8, 4) is 0 Å². The Kier molecular flexibility index (Phi) is 15.0. The zero-order valence-corrected chi connectivity index (χ0v) is 28.7. The third-order valence-corrected chi connectivity index (χ3v) is 10.8. The maximum atomic E-state index is 11.7. The molecule has 0 aromatic heterocycles. The van der Waals surface area contributed by atoms with E-state index < -0.39 is 117 Å². The van der Waals surface area contributed by atoms with Crippen LogP contribution in [-0.4, -0.2) is 179 Å². The van der Waals surface area contributed by atoms with Gasteiger partial charge in [0.1, 0.15) is 48.8 Å². The third-order valence-electron chi connectivity index (χ3n) is 10.8. The molecule has 0 aromatic rings. The summed E-state index contributed by atoms with van der Waals surface area (Å²) in [5, 5.41) is 76.7. The molecule has 2 saturated carbocycles. The Hall–Kier alpha value is -1.02. The van der Waals surface area contributed by atoms with E-state index in [2.05, 4.69) is 5.32 Å². The van der Waals surface area contributed by atoms with Gasteiger partial charge >= 0.3 is 0 Å². The van der Waals surface area contributed by atoms with Crippen molar-refractivity contribution in [2.75, 3.05) is 32.8 Å². The molecule has 4 fully saturated rings. The number of aliphatic hydroxyl groups is 7. The van der Waals surface area contributed by atoms with Gasteiger partial charge in [0.25, 0.3) is 0 Å². The lowest BCUT2D eigenvalue weighted by atomic mass is 9.77. The van der Waals surface area contributed by atoms with Crippen LogP contribution in [0.2, 0.25) is 0 Å². The van der Waals surface area contributed by atoms with E-state index in [4.69, 9.17) is 57.1 Å². The highest BCUT2D eigenvalue weighted by Gasteiger charge is 2.54. The number of rotatable bonds is 16. The molecule has 19 heteroatoms. The second-order valence-electron chi connectivity index (χ2n) is 14.7. The normalized spacial score (nSPS) is 48.0. The van der Waals surface area contributed by atoms with Crippen LogP contribution in [-0.2, 0) is 28.4 Å². The van der Waals surface area contributed by atoms with E-state index in [9.17, 15) is 35.7 Å². The first-order chi connectivity index (χ1) is 24.3. The molecule has 0 aromatic carbocycles. The fraction of sp³-hybridized carbons (Fsp3) is 0.938. The van der Waals surface area contributed by atoms with E-state index in [1.54, 1.807) is 6.08 Å². The van der Waals surface area contributed by atoms with Crippen LogP contribution >= 0.6 is 0 Å². The van der Waals surface area contributed by atoms with E-state index in [-0.39, 0.29) is 38.0 Å². The SMILES string of the molecule is NC[C@@H]1O[C@H](O[C@H]2[C@@H](O)[C@H](O[C@@H]3[C@@H](O)[C@H](CCC(O)CO)C[C@H](N)[C@H]3O[C@H]3O[C@H](CNCC4CC(N)C4)C=C[C@H]3N)O[C@@H]2CO)[C@H](N)[C@@H](O)[C@@H]1O. The first kappa shape index (κ1) is 41.1. The highest BCUT2D eigenvalue weighted by Crippen LogP contribution is 2.37. The summed E-state index contributed by atoms with van der Waals surface area (Å²) in [6.45, 7) is 0.0877. The molecule has 18 N–H and O–H groups in total. The summed E-state index contributed by atoms with van der Waals surface area (Å²) >= 11 is 0. The number of nitrogens with one attached hydrogen (secondary N) is 1. The van der Waals surface area contributed by atoms with E-state index >= 15 is 0 Å².